The summed E-state index contributed by atoms with van der Waals surface area (Å²) in [5, 5.41) is 11.0. The van der Waals surface area contributed by atoms with E-state index in [9.17, 15) is 9.59 Å². The second-order valence-corrected chi connectivity index (χ2v) is 8.76. The number of rotatable bonds is 2. The highest BCUT2D eigenvalue weighted by Gasteiger charge is 2.55. The van der Waals surface area contributed by atoms with Gasteiger partial charge in [0.15, 0.2) is 5.75 Å². The molecular weight excluding hydrogens is 350 g/mol. The minimum absolute atomic E-state index is 0.229. The van der Waals surface area contributed by atoms with Gasteiger partial charge in [0.1, 0.15) is 17.8 Å². The number of hydroxylamine groups is 2. The van der Waals surface area contributed by atoms with Gasteiger partial charge >= 0.3 is 12.1 Å². The van der Waals surface area contributed by atoms with Crippen LogP contribution in [0.25, 0.3) is 0 Å². The predicted octanol–water partition coefficient (Wildman–Crippen LogP) is 2.27. The summed E-state index contributed by atoms with van der Waals surface area (Å²) in [5.74, 6) is 1.06. The van der Waals surface area contributed by atoms with Crippen molar-refractivity contribution in [1.82, 2.24) is 25.5 Å². The minimum atomic E-state index is -0.466. The van der Waals surface area contributed by atoms with E-state index in [1.54, 1.807) is 11.1 Å². The standard InChI is InChI=1S/C18H27N5O4/c1-17(2,3)26-16(25)22-6-4-18(5-7-22)8-12(18)9-19-15(24)23-11-13-14(27-23)10-20-21-13/h10,12H,4-9,11H2,1-3H3,(H,19,24)(H,20,21). The maximum Gasteiger partial charge on any atom is 0.410 e. The van der Waals surface area contributed by atoms with Crippen LogP contribution < -0.4 is 10.2 Å². The molecule has 9 nitrogen and oxygen atoms in total. The molecule has 4 rings (SSSR count). The molecule has 1 aromatic heterocycles. The average molecular weight is 377 g/mol. The van der Waals surface area contributed by atoms with Crippen molar-refractivity contribution in [2.24, 2.45) is 11.3 Å². The third kappa shape index (κ3) is 3.68. The second-order valence-electron chi connectivity index (χ2n) is 8.76. The molecule has 3 aliphatic rings. The number of fused-ring (bicyclic) bond motifs is 1. The summed E-state index contributed by atoms with van der Waals surface area (Å²) in [6.45, 7) is 8.10. The molecule has 0 radical (unpaired) electrons. The Morgan fingerprint density at radius 1 is 1.41 bits per heavy atom. The Bertz CT molecular complexity index is 712. The molecule has 0 aromatic carbocycles. The Labute approximate surface area is 158 Å². The lowest BCUT2D eigenvalue weighted by Gasteiger charge is -2.34. The van der Waals surface area contributed by atoms with Gasteiger partial charge in [0.05, 0.1) is 6.20 Å². The summed E-state index contributed by atoms with van der Waals surface area (Å²) in [6.07, 6.45) is 4.36. The van der Waals surface area contributed by atoms with Gasteiger partial charge < -0.3 is 19.8 Å². The van der Waals surface area contributed by atoms with Crippen molar-refractivity contribution >= 4 is 12.1 Å². The number of aromatic nitrogens is 2. The van der Waals surface area contributed by atoms with Gasteiger partial charge in [0.2, 0.25) is 0 Å². The van der Waals surface area contributed by atoms with Crippen LogP contribution in [0.5, 0.6) is 5.75 Å². The van der Waals surface area contributed by atoms with Gasteiger partial charge in [-0.25, -0.2) is 9.59 Å². The van der Waals surface area contributed by atoms with E-state index < -0.39 is 5.60 Å². The van der Waals surface area contributed by atoms with Gasteiger partial charge in [0.25, 0.3) is 0 Å². The largest absolute Gasteiger partial charge is 0.444 e. The fourth-order valence-electron chi connectivity index (χ4n) is 3.99. The first kappa shape index (κ1) is 17.9. The number of aromatic amines is 1. The van der Waals surface area contributed by atoms with E-state index in [4.69, 9.17) is 9.57 Å². The van der Waals surface area contributed by atoms with E-state index in [-0.39, 0.29) is 17.5 Å². The summed E-state index contributed by atoms with van der Waals surface area (Å²) >= 11 is 0. The zero-order chi connectivity index (χ0) is 19.2. The quantitative estimate of drug-likeness (QED) is 0.824. The minimum Gasteiger partial charge on any atom is -0.444 e. The summed E-state index contributed by atoms with van der Waals surface area (Å²) in [7, 11) is 0. The molecule has 27 heavy (non-hydrogen) atoms. The Hall–Kier alpha value is -2.45. The van der Waals surface area contributed by atoms with E-state index in [2.05, 4.69) is 15.5 Å². The van der Waals surface area contributed by atoms with E-state index in [0.717, 1.165) is 38.0 Å². The number of ether oxygens (including phenoxy) is 1. The highest BCUT2D eigenvalue weighted by Crippen LogP contribution is 2.59. The third-order valence-corrected chi connectivity index (χ3v) is 5.68. The summed E-state index contributed by atoms with van der Waals surface area (Å²) in [5.41, 5.74) is 0.598. The molecule has 2 fully saturated rings. The maximum atomic E-state index is 12.3. The Morgan fingerprint density at radius 2 is 2.15 bits per heavy atom. The summed E-state index contributed by atoms with van der Waals surface area (Å²) < 4.78 is 5.45. The molecule has 1 saturated heterocycles. The first-order valence-corrected chi connectivity index (χ1v) is 9.49. The van der Waals surface area contributed by atoms with Crippen molar-refractivity contribution in [1.29, 1.82) is 0 Å². The number of H-pyrrole nitrogens is 1. The highest BCUT2D eigenvalue weighted by atomic mass is 16.7. The number of carbonyl (C=O) groups is 2. The van der Waals surface area contributed by atoms with Crippen LogP contribution in [0, 0.1) is 11.3 Å². The van der Waals surface area contributed by atoms with Crippen LogP contribution >= 0.6 is 0 Å². The number of piperidine rings is 1. The monoisotopic (exact) mass is 377 g/mol. The van der Waals surface area contributed by atoms with Crippen LogP contribution in [0.4, 0.5) is 9.59 Å². The lowest BCUT2D eigenvalue weighted by atomic mass is 9.91. The zero-order valence-electron chi connectivity index (χ0n) is 16.1. The molecule has 0 bridgehead atoms. The lowest BCUT2D eigenvalue weighted by molar-refractivity contribution is 0.00203. The molecule has 1 unspecified atom stereocenters. The smallest absolute Gasteiger partial charge is 0.410 e. The Balaban J connectivity index is 1.20. The first-order valence-electron chi connectivity index (χ1n) is 9.49. The van der Waals surface area contributed by atoms with Gasteiger partial charge in [-0.05, 0) is 51.4 Å². The molecule has 1 aromatic rings. The van der Waals surface area contributed by atoms with E-state index in [1.165, 1.54) is 5.06 Å². The van der Waals surface area contributed by atoms with E-state index >= 15 is 0 Å². The van der Waals surface area contributed by atoms with Crippen LogP contribution in [0.2, 0.25) is 0 Å². The van der Waals surface area contributed by atoms with Gasteiger partial charge in [-0.3, -0.25) is 5.10 Å². The number of nitrogens with one attached hydrogen (secondary N) is 2. The number of hydrogen-bond donors (Lipinski definition) is 2. The number of urea groups is 1. The van der Waals surface area contributed by atoms with Gasteiger partial charge in [-0.2, -0.15) is 10.2 Å². The van der Waals surface area contributed by atoms with Crippen molar-refractivity contribution in [3.05, 3.63) is 11.9 Å². The van der Waals surface area contributed by atoms with Crippen molar-refractivity contribution in [2.45, 2.75) is 52.2 Å². The molecule has 1 spiro atoms. The van der Waals surface area contributed by atoms with Crippen LogP contribution in [-0.4, -0.2) is 57.5 Å². The Kier molecular flexibility index (Phi) is 4.20. The SMILES string of the molecule is CC(C)(C)OC(=O)N1CCC2(CC1)CC2CNC(=O)N1Cc2[nH]ncc2O1. The molecule has 1 atom stereocenters. The molecule has 1 aliphatic carbocycles. The fourth-order valence-corrected chi connectivity index (χ4v) is 3.99. The second kappa shape index (κ2) is 6.31. The molecule has 2 aliphatic heterocycles. The van der Waals surface area contributed by atoms with Crippen LogP contribution in [0.3, 0.4) is 0 Å². The van der Waals surface area contributed by atoms with Gasteiger partial charge in [-0.1, -0.05) is 0 Å². The molecule has 3 heterocycles. The number of hydrogen-bond acceptors (Lipinski definition) is 5. The number of carbonyl (C=O) groups excluding carboxylic acids is 2. The number of amides is 3. The van der Waals surface area contributed by atoms with Crippen molar-refractivity contribution < 1.29 is 19.2 Å². The highest BCUT2D eigenvalue weighted by molar-refractivity contribution is 5.74. The number of nitrogens with zero attached hydrogens (tertiary/aromatic N) is 3. The predicted molar refractivity (Wildman–Crippen MR) is 95.7 cm³/mol. The normalized spacial score (nSPS) is 23.0. The molecule has 3 amide bonds. The van der Waals surface area contributed by atoms with Gasteiger partial charge in [-0.15, -0.1) is 0 Å². The van der Waals surface area contributed by atoms with E-state index in [1.807, 2.05) is 20.8 Å². The van der Waals surface area contributed by atoms with Crippen molar-refractivity contribution in [3.63, 3.8) is 0 Å². The van der Waals surface area contributed by atoms with Crippen molar-refractivity contribution in [3.8, 4) is 5.75 Å². The van der Waals surface area contributed by atoms with Gasteiger partial charge in [0, 0.05) is 19.6 Å². The van der Waals surface area contributed by atoms with Crippen LogP contribution in [-0.2, 0) is 11.3 Å². The number of likely N-dealkylation sites (tertiary alicyclic amines) is 1. The lowest BCUT2D eigenvalue weighted by Crippen LogP contribution is -2.43. The fraction of sp³-hybridized carbons (Fsp3) is 0.722. The zero-order valence-corrected chi connectivity index (χ0v) is 16.1. The van der Waals surface area contributed by atoms with Crippen LogP contribution in [0.15, 0.2) is 6.20 Å². The third-order valence-electron chi connectivity index (χ3n) is 5.68. The van der Waals surface area contributed by atoms with Crippen molar-refractivity contribution in [2.75, 3.05) is 19.6 Å². The topological polar surface area (TPSA) is 99.8 Å². The first-order chi connectivity index (χ1) is 12.8. The van der Waals surface area contributed by atoms with E-state index in [0.29, 0.717) is 24.8 Å². The molecule has 148 valence electrons. The Morgan fingerprint density at radius 3 is 2.81 bits per heavy atom. The molecule has 1 saturated carbocycles. The average Bonchev–Trinajstić information content (AvgIpc) is 2.93. The summed E-state index contributed by atoms with van der Waals surface area (Å²) in [6, 6.07) is -0.229. The molecular formula is C18H27N5O4. The molecule has 9 heteroatoms. The molecule has 2 N–H and O–H groups in total. The van der Waals surface area contributed by atoms with Crippen LogP contribution in [0.1, 0.15) is 45.7 Å². The summed E-state index contributed by atoms with van der Waals surface area (Å²) in [4.78, 5) is 31.7. The maximum absolute atomic E-state index is 12.3.